The van der Waals surface area contributed by atoms with Crippen molar-refractivity contribution in [2.75, 3.05) is 19.6 Å². The first kappa shape index (κ1) is 14.1. The fourth-order valence-corrected chi connectivity index (χ4v) is 3.49. The molecule has 1 saturated carbocycles. The Morgan fingerprint density at radius 1 is 1.30 bits per heavy atom. The predicted molar refractivity (Wildman–Crippen MR) is 81.6 cm³/mol. The summed E-state index contributed by atoms with van der Waals surface area (Å²) in [6.07, 6.45) is 7.93. The number of piperazine rings is 1. The van der Waals surface area contributed by atoms with Gasteiger partial charge in [-0.3, -0.25) is 9.58 Å². The van der Waals surface area contributed by atoms with E-state index in [0.717, 1.165) is 25.6 Å². The predicted octanol–water partition coefficient (Wildman–Crippen LogP) is 2.13. The summed E-state index contributed by atoms with van der Waals surface area (Å²) in [5.41, 5.74) is 0.598. The number of hydrogen-bond donors (Lipinski definition) is 1. The van der Waals surface area contributed by atoms with Crippen LogP contribution in [0.5, 0.6) is 0 Å². The molecule has 2 aliphatic rings. The SMILES string of the molecule is CCC1(C)CNC(C)(C2CC2)CN1CCn1cccn1. The molecule has 2 fully saturated rings. The molecule has 1 aliphatic carbocycles. The lowest BCUT2D eigenvalue weighted by atomic mass is 9.84. The average molecular weight is 276 g/mol. The third-order valence-electron chi connectivity index (χ3n) is 5.55. The van der Waals surface area contributed by atoms with Gasteiger partial charge in [-0.2, -0.15) is 5.10 Å². The van der Waals surface area contributed by atoms with Crippen LogP contribution in [-0.4, -0.2) is 45.4 Å². The monoisotopic (exact) mass is 276 g/mol. The molecular weight excluding hydrogens is 248 g/mol. The van der Waals surface area contributed by atoms with E-state index in [4.69, 9.17) is 0 Å². The minimum atomic E-state index is 0.279. The Hall–Kier alpha value is -0.870. The van der Waals surface area contributed by atoms with Crippen LogP contribution in [0.1, 0.15) is 40.0 Å². The van der Waals surface area contributed by atoms with Crippen LogP contribution in [0.15, 0.2) is 18.5 Å². The Bertz CT molecular complexity index is 439. The van der Waals surface area contributed by atoms with Crippen LogP contribution >= 0.6 is 0 Å². The van der Waals surface area contributed by atoms with Crippen LogP contribution in [0.2, 0.25) is 0 Å². The van der Waals surface area contributed by atoms with Gasteiger partial charge >= 0.3 is 0 Å². The van der Waals surface area contributed by atoms with Gasteiger partial charge in [0.25, 0.3) is 0 Å². The molecule has 0 bridgehead atoms. The minimum absolute atomic E-state index is 0.279. The fraction of sp³-hybridized carbons (Fsp3) is 0.812. The summed E-state index contributed by atoms with van der Waals surface area (Å²) in [6.45, 7) is 11.5. The summed E-state index contributed by atoms with van der Waals surface area (Å²) >= 11 is 0. The second kappa shape index (κ2) is 5.15. The van der Waals surface area contributed by atoms with Gasteiger partial charge in [-0.25, -0.2) is 0 Å². The molecule has 1 aromatic heterocycles. The lowest BCUT2D eigenvalue weighted by Crippen LogP contribution is -2.69. The first-order valence-corrected chi connectivity index (χ1v) is 8.03. The molecule has 0 spiro atoms. The molecule has 0 amide bonds. The van der Waals surface area contributed by atoms with E-state index in [1.54, 1.807) is 0 Å². The van der Waals surface area contributed by atoms with Gasteiger partial charge in [-0.15, -0.1) is 0 Å². The lowest BCUT2D eigenvalue weighted by Gasteiger charge is -2.52. The van der Waals surface area contributed by atoms with Crippen LogP contribution in [0.4, 0.5) is 0 Å². The van der Waals surface area contributed by atoms with Gasteiger partial charge in [0.2, 0.25) is 0 Å². The Morgan fingerprint density at radius 3 is 2.70 bits per heavy atom. The molecule has 1 N–H and O–H groups in total. The average Bonchev–Trinajstić information content (AvgIpc) is 3.19. The molecule has 3 rings (SSSR count). The summed E-state index contributed by atoms with van der Waals surface area (Å²) in [5.74, 6) is 0.885. The highest BCUT2D eigenvalue weighted by Gasteiger charge is 2.48. The van der Waals surface area contributed by atoms with Gasteiger partial charge in [0, 0.05) is 43.1 Å². The van der Waals surface area contributed by atoms with Crippen LogP contribution in [0, 0.1) is 5.92 Å². The zero-order chi connectivity index (χ0) is 14.2. The maximum Gasteiger partial charge on any atom is 0.0536 e. The van der Waals surface area contributed by atoms with Crippen molar-refractivity contribution in [2.45, 2.75) is 57.7 Å². The number of rotatable bonds is 5. The van der Waals surface area contributed by atoms with Crippen molar-refractivity contribution >= 4 is 0 Å². The maximum absolute atomic E-state index is 4.33. The molecule has 4 nitrogen and oxygen atoms in total. The second-order valence-electron chi connectivity index (χ2n) is 7.09. The lowest BCUT2D eigenvalue weighted by molar-refractivity contribution is 0.00773. The Morgan fingerprint density at radius 2 is 2.10 bits per heavy atom. The van der Waals surface area contributed by atoms with Gasteiger partial charge in [0.05, 0.1) is 6.54 Å². The molecule has 1 aromatic rings. The molecule has 1 saturated heterocycles. The molecule has 20 heavy (non-hydrogen) atoms. The summed E-state index contributed by atoms with van der Waals surface area (Å²) < 4.78 is 2.05. The quantitative estimate of drug-likeness (QED) is 0.894. The summed E-state index contributed by atoms with van der Waals surface area (Å²) in [4.78, 5) is 2.70. The van der Waals surface area contributed by atoms with Crippen LogP contribution < -0.4 is 5.32 Å². The van der Waals surface area contributed by atoms with Crippen LogP contribution in [0.3, 0.4) is 0 Å². The maximum atomic E-state index is 4.33. The molecule has 0 aromatic carbocycles. The minimum Gasteiger partial charge on any atom is -0.308 e. The molecule has 2 unspecified atom stereocenters. The summed E-state index contributed by atoms with van der Waals surface area (Å²) in [5, 5.41) is 8.19. The Labute approximate surface area is 122 Å². The number of nitrogens with one attached hydrogen (secondary N) is 1. The van der Waals surface area contributed by atoms with E-state index in [1.165, 1.54) is 25.8 Å². The topological polar surface area (TPSA) is 33.1 Å². The van der Waals surface area contributed by atoms with Gasteiger partial charge in [-0.1, -0.05) is 6.92 Å². The number of aromatic nitrogens is 2. The van der Waals surface area contributed by atoms with Crippen molar-refractivity contribution in [1.82, 2.24) is 20.0 Å². The van der Waals surface area contributed by atoms with Crippen molar-refractivity contribution < 1.29 is 0 Å². The highest BCUT2D eigenvalue weighted by molar-refractivity contribution is 5.07. The van der Waals surface area contributed by atoms with Crippen molar-refractivity contribution in [3.63, 3.8) is 0 Å². The van der Waals surface area contributed by atoms with E-state index in [9.17, 15) is 0 Å². The highest BCUT2D eigenvalue weighted by Crippen LogP contribution is 2.42. The summed E-state index contributed by atoms with van der Waals surface area (Å²) in [6, 6.07) is 2.01. The second-order valence-corrected chi connectivity index (χ2v) is 7.09. The zero-order valence-electron chi connectivity index (χ0n) is 13.1. The Kier molecular flexibility index (Phi) is 3.63. The van der Waals surface area contributed by atoms with E-state index in [1.807, 2.05) is 16.9 Å². The number of hydrogen-bond acceptors (Lipinski definition) is 3. The van der Waals surface area contributed by atoms with Crippen LogP contribution in [-0.2, 0) is 6.54 Å². The van der Waals surface area contributed by atoms with E-state index in [-0.39, 0.29) is 5.54 Å². The number of nitrogens with zero attached hydrogens (tertiary/aromatic N) is 3. The first-order valence-electron chi connectivity index (χ1n) is 8.03. The fourth-order valence-electron chi connectivity index (χ4n) is 3.49. The highest BCUT2D eigenvalue weighted by atomic mass is 15.3. The van der Waals surface area contributed by atoms with E-state index in [0.29, 0.717) is 5.54 Å². The van der Waals surface area contributed by atoms with Crippen molar-refractivity contribution in [2.24, 2.45) is 5.92 Å². The summed E-state index contributed by atoms with van der Waals surface area (Å²) in [7, 11) is 0. The van der Waals surface area contributed by atoms with Gasteiger partial charge in [0.15, 0.2) is 0 Å². The molecule has 4 heteroatoms. The smallest absolute Gasteiger partial charge is 0.0536 e. The third-order valence-corrected chi connectivity index (χ3v) is 5.55. The van der Waals surface area contributed by atoms with Crippen molar-refractivity contribution in [3.05, 3.63) is 18.5 Å². The molecule has 2 atom stereocenters. The van der Waals surface area contributed by atoms with Gasteiger partial charge < -0.3 is 5.32 Å². The molecule has 2 heterocycles. The normalized spacial score (nSPS) is 35.4. The zero-order valence-corrected chi connectivity index (χ0v) is 13.1. The van der Waals surface area contributed by atoms with Crippen LogP contribution in [0.25, 0.3) is 0 Å². The standard InChI is InChI=1S/C16H28N4/c1-4-15(2)12-17-16(3,14-6-7-14)13-19(15)10-11-20-9-5-8-18-20/h5,8-9,14,17H,4,6-7,10-13H2,1-3H3. The van der Waals surface area contributed by atoms with E-state index >= 15 is 0 Å². The Balaban J connectivity index is 1.68. The van der Waals surface area contributed by atoms with E-state index in [2.05, 4.69) is 42.3 Å². The molecular formula is C16H28N4. The van der Waals surface area contributed by atoms with E-state index < -0.39 is 0 Å². The first-order chi connectivity index (χ1) is 9.56. The largest absolute Gasteiger partial charge is 0.308 e. The van der Waals surface area contributed by atoms with Crippen molar-refractivity contribution in [3.8, 4) is 0 Å². The molecule has 0 radical (unpaired) electrons. The third kappa shape index (κ3) is 2.63. The molecule has 1 aliphatic heterocycles. The van der Waals surface area contributed by atoms with Gasteiger partial charge in [0.1, 0.15) is 0 Å². The van der Waals surface area contributed by atoms with Gasteiger partial charge in [-0.05, 0) is 45.1 Å². The van der Waals surface area contributed by atoms with Crippen molar-refractivity contribution in [1.29, 1.82) is 0 Å². The molecule has 112 valence electrons.